The van der Waals surface area contributed by atoms with E-state index in [-0.39, 0.29) is 11.7 Å². The first-order valence-corrected chi connectivity index (χ1v) is 8.48. The van der Waals surface area contributed by atoms with Crippen LogP contribution in [0.2, 0.25) is 0 Å². The Morgan fingerprint density at radius 1 is 1.36 bits per heavy atom. The van der Waals surface area contributed by atoms with Gasteiger partial charge in [-0.1, -0.05) is 6.42 Å². The van der Waals surface area contributed by atoms with Crippen LogP contribution in [-0.4, -0.2) is 37.4 Å². The molecule has 1 saturated heterocycles. The fourth-order valence-electron chi connectivity index (χ4n) is 2.54. The van der Waals surface area contributed by atoms with E-state index in [1.165, 1.54) is 18.3 Å². The zero-order chi connectivity index (χ0) is 15.5. The maximum absolute atomic E-state index is 12.4. The van der Waals surface area contributed by atoms with Crippen molar-refractivity contribution in [3.05, 3.63) is 34.5 Å². The van der Waals surface area contributed by atoms with Crippen LogP contribution >= 0.6 is 0 Å². The number of aromatic nitrogens is 2. The Morgan fingerprint density at radius 3 is 2.95 bits per heavy atom. The first kappa shape index (κ1) is 15.0. The number of nitro groups is 1. The molecule has 0 saturated carbocycles. The second kappa shape index (κ2) is 6.45. The summed E-state index contributed by atoms with van der Waals surface area (Å²) in [6.45, 7) is 0.967. The summed E-state index contributed by atoms with van der Waals surface area (Å²) in [7, 11) is -1.22. The first-order valence-electron chi connectivity index (χ1n) is 7.16. The molecular weight excluding hydrogens is 304 g/mol. The van der Waals surface area contributed by atoms with Gasteiger partial charge in [-0.15, -0.1) is 0 Å². The number of benzene rings is 1. The molecule has 0 bridgehead atoms. The Morgan fingerprint density at radius 2 is 2.23 bits per heavy atom. The molecule has 3 rings (SSSR count). The van der Waals surface area contributed by atoms with Crippen LogP contribution < -0.4 is 5.32 Å². The van der Waals surface area contributed by atoms with Gasteiger partial charge in [-0.3, -0.25) is 19.3 Å². The van der Waals surface area contributed by atoms with Crippen molar-refractivity contribution in [3.63, 3.8) is 0 Å². The number of rotatable bonds is 4. The third-order valence-electron chi connectivity index (χ3n) is 3.71. The Labute approximate surface area is 129 Å². The number of nitro benzene ring substituents is 1. The molecule has 1 aliphatic rings. The van der Waals surface area contributed by atoms with Crippen molar-refractivity contribution in [2.24, 2.45) is 0 Å². The Balaban J connectivity index is 1.80. The van der Waals surface area contributed by atoms with Gasteiger partial charge < -0.3 is 5.32 Å². The van der Waals surface area contributed by atoms with Crippen LogP contribution in [0, 0.1) is 10.1 Å². The molecule has 0 radical (unpaired) electrons. The number of hydrogen-bond donors (Lipinski definition) is 1. The lowest BCUT2D eigenvalue weighted by molar-refractivity contribution is -0.384. The highest BCUT2D eigenvalue weighted by Crippen LogP contribution is 2.19. The molecule has 0 aliphatic carbocycles. The maximum Gasteiger partial charge on any atom is 0.271 e. The summed E-state index contributed by atoms with van der Waals surface area (Å²) >= 11 is 0. The lowest BCUT2D eigenvalue weighted by atomic mass is 10.1. The van der Waals surface area contributed by atoms with Crippen molar-refractivity contribution in [1.82, 2.24) is 15.3 Å². The fourth-order valence-corrected chi connectivity index (χ4v) is 3.73. The summed E-state index contributed by atoms with van der Waals surface area (Å²) in [4.78, 5) is 18.8. The Bertz CT molecular complexity index is 731. The van der Waals surface area contributed by atoms with E-state index in [0.29, 0.717) is 21.8 Å². The molecule has 1 aromatic heterocycles. The first-order chi connectivity index (χ1) is 10.6. The minimum atomic E-state index is -1.22. The van der Waals surface area contributed by atoms with Crippen molar-refractivity contribution in [2.45, 2.75) is 30.3 Å². The molecule has 1 aliphatic heterocycles. The third-order valence-corrected chi connectivity index (χ3v) is 5.08. The van der Waals surface area contributed by atoms with Crippen LogP contribution in [0.1, 0.15) is 19.3 Å². The SMILES string of the molecule is O=[N+]([O-])c1ccc2nc([S@@](=O)C[C@@H]3CCCCN3)cnc2c1. The fraction of sp³-hybridized carbons (Fsp3) is 0.429. The molecule has 7 nitrogen and oxygen atoms in total. The van der Waals surface area contributed by atoms with Gasteiger partial charge in [-0.25, -0.2) is 4.98 Å². The van der Waals surface area contributed by atoms with Gasteiger partial charge in [-0.05, 0) is 25.5 Å². The lowest BCUT2D eigenvalue weighted by Gasteiger charge is -2.22. The summed E-state index contributed by atoms with van der Waals surface area (Å²) in [5.74, 6) is 0.521. The average Bonchev–Trinajstić information content (AvgIpc) is 2.54. The van der Waals surface area contributed by atoms with E-state index in [1.54, 1.807) is 6.07 Å². The summed E-state index contributed by atoms with van der Waals surface area (Å²) in [5.41, 5.74) is 0.931. The average molecular weight is 320 g/mol. The van der Waals surface area contributed by atoms with E-state index < -0.39 is 15.7 Å². The third kappa shape index (κ3) is 3.28. The second-order valence-electron chi connectivity index (χ2n) is 5.30. The summed E-state index contributed by atoms with van der Waals surface area (Å²) in [6, 6.07) is 4.55. The van der Waals surface area contributed by atoms with Crippen LogP contribution in [-0.2, 0) is 10.8 Å². The van der Waals surface area contributed by atoms with E-state index in [4.69, 9.17) is 0 Å². The molecule has 0 amide bonds. The van der Waals surface area contributed by atoms with E-state index >= 15 is 0 Å². The minimum absolute atomic E-state index is 0.0259. The van der Waals surface area contributed by atoms with Crippen LogP contribution in [0.5, 0.6) is 0 Å². The molecule has 2 heterocycles. The number of non-ortho nitro benzene ring substituents is 1. The van der Waals surface area contributed by atoms with Gasteiger partial charge in [0.05, 0.1) is 33.0 Å². The van der Waals surface area contributed by atoms with Crippen molar-refractivity contribution in [3.8, 4) is 0 Å². The van der Waals surface area contributed by atoms with Gasteiger partial charge in [-0.2, -0.15) is 0 Å². The van der Waals surface area contributed by atoms with E-state index in [9.17, 15) is 14.3 Å². The largest absolute Gasteiger partial charge is 0.313 e. The molecule has 0 spiro atoms. The number of piperidine rings is 1. The van der Waals surface area contributed by atoms with E-state index in [0.717, 1.165) is 25.8 Å². The topological polar surface area (TPSA) is 98.0 Å². The Hall–Kier alpha value is -1.93. The van der Waals surface area contributed by atoms with E-state index in [1.807, 2.05) is 0 Å². The highest BCUT2D eigenvalue weighted by Gasteiger charge is 2.18. The van der Waals surface area contributed by atoms with Crippen molar-refractivity contribution in [2.75, 3.05) is 12.3 Å². The monoisotopic (exact) mass is 320 g/mol. The Kier molecular flexibility index (Phi) is 4.39. The highest BCUT2D eigenvalue weighted by molar-refractivity contribution is 7.85. The number of nitrogens with zero attached hydrogens (tertiary/aromatic N) is 3. The molecule has 22 heavy (non-hydrogen) atoms. The molecular formula is C14H16N4O3S. The lowest BCUT2D eigenvalue weighted by Crippen LogP contribution is -2.38. The van der Waals surface area contributed by atoms with Crippen molar-refractivity contribution in [1.29, 1.82) is 0 Å². The molecule has 8 heteroatoms. The zero-order valence-corrected chi connectivity index (χ0v) is 12.7. The van der Waals surface area contributed by atoms with Gasteiger partial charge in [0.1, 0.15) is 5.03 Å². The van der Waals surface area contributed by atoms with Crippen LogP contribution in [0.3, 0.4) is 0 Å². The molecule has 1 N–H and O–H groups in total. The van der Waals surface area contributed by atoms with Crippen molar-refractivity contribution >= 4 is 27.5 Å². The minimum Gasteiger partial charge on any atom is -0.313 e. The predicted octanol–water partition coefficient (Wildman–Crippen LogP) is 1.79. The molecule has 1 aromatic carbocycles. The van der Waals surface area contributed by atoms with Gasteiger partial charge in [0.2, 0.25) is 0 Å². The quantitative estimate of drug-likeness (QED) is 0.681. The van der Waals surface area contributed by atoms with Crippen LogP contribution in [0.15, 0.2) is 29.4 Å². The second-order valence-corrected chi connectivity index (χ2v) is 6.74. The smallest absolute Gasteiger partial charge is 0.271 e. The number of hydrogen-bond acceptors (Lipinski definition) is 6. The van der Waals surface area contributed by atoms with E-state index in [2.05, 4.69) is 15.3 Å². The molecule has 0 unspecified atom stereocenters. The van der Waals surface area contributed by atoms with Gasteiger partial charge >= 0.3 is 0 Å². The van der Waals surface area contributed by atoms with Crippen LogP contribution in [0.25, 0.3) is 11.0 Å². The normalized spacial score (nSPS) is 19.9. The molecule has 1 fully saturated rings. The van der Waals surface area contributed by atoms with Gasteiger partial charge in [0.25, 0.3) is 5.69 Å². The van der Waals surface area contributed by atoms with Crippen LogP contribution in [0.4, 0.5) is 5.69 Å². The zero-order valence-electron chi connectivity index (χ0n) is 11.9. The summed E-state index contributed by atoms with van der Waals surface area (Å²) in [6.07, 6.45) is 4.80. The summed E-state index contributed by atoms with van der Waals surface area (Å²) < 4.78 is 12.4. The standard InChI is InChI=1S/C14H16N4O3S/c19-18(20)11-4-5-12-13(7-11)16-8-14(17-12)22(21)9-10-3-1-2-6-15-10/h4-5,7-8,10,15H,1-3,6,9H2/t10-,22-/m0/s1. The number of fused-ring (bicyclic) bond motifs is 1. The molecule has 116 valence electrons. The van der Waals surface area contributed by atoms with Gasteiger partial charge in [0, 0.05) is 23.9 Å². The molecule has 2 atom stereocenters. The van der Waals surface area contributed by atoms with Crippen molar-refractivity contribution < 1.29 is 9.13 Å². The predicted molar refractivity (Wildman–Crippen MR) is 83.1 cm³/mol. The van der Waals surface area contributed by atoms with Gasteiger partial charge in [0.15, 0.2) is 0 Å². The molecule has 2 aromatic rings. The summed E-state index contributed by atoms with van der Waals surface area (Å²) in [5, 5.41) is 14.5. The highest BCUT2D eigenvalue weighted by atomic mass is 32.2. The maximum atomic E-state index is 12.4. The number of nitrogens with one attached hydrogen (secondary N) is 1.